The van der Waals surface area contributed by atoms with Gasteiger partial charge < -0.3 is 10.1 Å². The van der Waals surface area contributed by atoms with Crippen molar-refractivity contribution in [3.8, 4) is 5.75 Å². The molecule has 11 heteroatoms. The van der Waals surface area contributed by atoms with Crippen molar-refractivity contribution in [1.29, 1.82) is 0 Å². The number of sulfonamides is 2. The van der Waals surface area contributed by atoms with Crippen molar-refractivity contribution >= 4 is 43.0 Å². The normalized spacial score (nSPS) is 11.4. The zero-order chi connectivity index (χ0) is 27.9. The van der Waals surface area contributed by atoms with Crippen LogP contribution >= 0.6 is 0 Å². The molecule has 4 rings (SSSR count). The van der Waals surface area contributed by atoms with E-state index in [2.05, 4.69) is 10.0 Å². The van der Waals surface area contributed by atoms with Crippen LogP contribution < -0.4 is 19.1 Å². The Balaban J connectivity index is 1.56. The Morgan fingerprint density at radius 3 is 1.95 bits per heavy atom. The van der Waals surface area contributed by atoms with E-state index in [1.54, 1.807) is 79.7 Å². The molecule has 0 aromatic heterocycles. The third-order valence-electron chi connectivity index (χ3n) is 5.53. The molecular formula is C28H27N3O6S2. The number of para-hydroxylation sites is 3. The first kappa shape index (κ1) is 27.7. The number of nitrogens with one attached hydrogen (secondary N) is 2. The lowest BCUT2D eigenvalue weighted by Gasteiger charge is -2.26. The molecule has 0 atom stereocenters. The molecule has 9 nitrogen and oxygen atoms in total. The molecule has 1 amide bonds. The van der Waals surface area contributed by atoms with E-state index < -0.39 is 32.5 Å². The summed E-state index contributed by atoms with van der Waals surface area (Å²) in [6.45, 7) is 1.53. The first-order valence-corrected chi connectivity index (χ1v) is 14.9. The number of ether oxygens (including phenoxy) is 1. The largest absolute Gasteiger partial charge is 0.492 e. The van der Waals surface area contributed by atoms with Crippen LogP contribution in [0, 0.1) is 0 Å². The van der Waals surface area contributed by atoms with Gasteiger partial charge in [-0.15, -0.1) is 0 Å². The van der Waals surface area contributed by atoms with Gasteiger partial charge in [-0.2, -0.15) is 0 Å². The topological polar surface area (TPSA) is 122 Å². The second-order valence-electron chi connectivity index (χ2n) is 8.27. The summed E-state index contributed by atoms with van der Waals surface area (Å²) in [7, 11) is -7.97. The lowest BCUT2D eigenvalue weighted by atomic mass is 10.3. The summed E-state index contributed by atoms with van der Waals surface area (Å²) in [5.74, 6) is -0.313. The molecule has 0 aliphatic heterocycles. The second kappa shape index (κ2) is 12.0. The molecule has 4 aromatic rings. The van der Waals surface area contributed by atoms with Crippen molar-refractivity contribution in [2.45, 2.75) is 16.7 Å². The lowest BCUT2D eigenvalue weighted by Crippen LogP contribution is -2.38. The SMILES string of the molecule is CCOc1ccccc1N(CC(=O)Nc1ccc(S(=O)(=O)Nc2ccccc2)cc1)S(=O)(=O)c1ccccc1. The fraction of sp³-hybridized carbons (Fsp3) is 0.107. The van der Waals surface area contributed by atoms with Crippen molar-refractivity contribution in [2.24, 2.45) is 0 Å². The quantitative estimate of drug-likeness (QED) is 0.271. The summed E-state index contributed by atoms with van der Waals surface area (Å²) >= 11 is 0. The lowest BCUT2D eigenvalue weighted by molar-refractivity contribution is -0.114. The van der Waals surface area contributed by atoms with E-state index in [0.29, 0.717) is 23.7 Å². The van der Waals surface area contributed by atoms with E-state index in [9.17, 15) is 21.6 Å². The zero-order valence-corrected chi connectivity index (χ0v) is 22.7. The van der Waals surface area contributed by atoms with Crippen LogP contribution in [0.15, 0.2) is 119 Å². The first-order valence-electron chi connectivity index (χ1n) is 12.0. The summed E-state index contributed by atoms with van der Waals surface area (Å²) in [5, 5.41) is 2.64. The smallest absolute Gasteiger partial charge is 0.264 e. The molecule has 4 aromatic carbocycles. The summed E-state index contributed by atoms with van der Waals surface area (Å²) in [6, 6.07) is 28.4. The molecule has 0 unspecified atom stereocenters. The molecule has 0 spiro atoms. The summed E-state index contributed by atoms with van der Waals surface area (Å²) < 4.78 is 61.7. The molecule has 0 radical (unpaired) electrons. The van der Waals surface area contributed by atoms with Crippen LogP contribution in [0.25, 0.3) is 0 Å². The van der Waals surface area contributed by atoms with Gasteiger partial charge in [0.05, 0.1) is 22.1 Å². The highest BCUT2D eigenvalue weighted by Crippen LogP contribution is 2.32. The molecule has 202 valence electrons. The summed E-state index contributed by atoms with van der Waals surface area (Å²) in [5.41, 5.74) is 0.933. The highest BCUT2D eigenvalue weighted by atomic mass is 32.2. The van der Waals surface area contributed by atoms with Crippen molar-refractivity contribution in [1.82, 2.24) is 0 Å². The van der Waals surface area contributed by atoms with Gasteiger partial charge in [-0.05, 0) is 67.6 Å². The van der Waals surface area contributed by atoms with Crippen LogP contribution in [0.2, 0.25) is 0 Å². The molecule has 0 saturated carbocycles. The van der Waals surface area contributed by atoms with E-state index in [1.165, 1.54) is 36.4 Å². The average molecular weight is 566 g/mol. The third kappa shape index (κ3) is 6.75. The maximum Gasteiger partial charge on any atom is 0.264 e. The number of anilines is 3. The van der Waals surface area contributed by atoms with E-state index in [0.717, 1.165) is 4.31 Å². The van der Waals surface area contributed by atoms with Gasteiger partial charge in [0.25, 0.3) is 20.0 Å². The van der Waals surface area contributed by atoms with Gasteiger partial charge in [0, 0.05) is 11.4 Å². The van der Waals surface area contributed by atoms with E-state index in [1.807, 2.05) is 0 Å². The summed E-state index contributed by atoms with van der Waals surface area (Å²) in [4.78, 5) is 13.1. The molecule has 39 heavy (non-hydrogen) atoms. The number of rotatable bonds is 11. The molecule has 0 heterocycles. The number of nitrogens with zero attached hydrogens (tertiary/aromatic N) is 1. The predicted octanol–water partition coefficient (Wildman–Crippen LogP) is 4.72. The van der Waals surface area contributed by atoms with Gasteiger partial charge in [-0.25, -0.2) is 16.8 Å². The van der Waals surface area contributed by atoms with Gasteiger partial charge in [0.1, 0.15) is 12.3 Å². The van der Waals surface area contributed by atoms with Crippen LogP contribution in [0.1, 0.15) is 6.92 Å². The van der Waals surface area contributed by atoms with Gasteiger partial charge >= 0.3 is 0 Å². The van der Waals surface area contributed by atoms with Crippen LogP contribution in [0.4, 0.5) is 17.1 Å². The fourth-order valence-corrected chi connectivity index (χ4v) is 6.24. The number of carbonyl (C=O) groups excluding carboxylic acids is 1. The van der Waals surface area contributed by atoms with Crippen molar-refractivity contribution in [3.05, 3.63) is 109 Å². The van der Waals surface area contributed by atoms with Crippen molar-refractivity contribution < 1.29 is 26.4 Å². The maximum absolute atomic E-state index is 13.6. The van der Waals surface area contributed by atoms with Crippen LogP contribution in [0.3, 0.4) is 0 Å². The number of benzene rings is 4. The third-order valence-corrected chi connectivity index (χ3v) is 8.70. The second-order valence-corrected chi connectivity index (χ2v) is 11.8. The van der Waals surface area contributed by atoms with E-state index in [-0.39, 0.29) is 15.5 Å². The Morgan fingerprint density at radius 1 is 0.718 bits per heavy atom. The highest BCUT2D eigenvalue weighted by Gasteiger charge is 2.29. The van der Waals surface area contributed by atoms with Crippen LogP contribution in [0.5, 0.6) is 5.75 Å². The molecule has 0 bridgehead atoms. The van der Waals surface area contributed by atoms with Gasteiger partial charge in [0.15, 0.2) is 0 Å². The Hall–Kier alpha value is -4.35. The predicted molar refractivity (Wildman–Crippen MR) is 151 cm³/mol. The van der Waals surface area contributed by atoms with Crippen LogP contribution in [-0.2, 0) is 24.8 Å². The fourth-order valence-electron chi connectivity index (χ4n) is 3.73. The number of carbonyl (C=O) groups is 1. The summed E-state index contributed by atoms with van der Waals surface area (Å²) in [6.07, 6.45) is 0. The highest BCUT2D eigenvalue weighted by molar-refractivity contribution is 7.93. The van der Waals surface area contributed by atoms with Crippen molar-refractivity contribution in [3.63, 3.8) is 0 Å². The van der Waals surface area contributed by atoms with E-state index in [4.69, 9.17) is 4.74 Å². The minimum absolute atomic E-state index is 0.00303. The zero-order valence-electron chi connectivity index (χ0n) is 21.0. The average Bonchev–Trinajstić information content (AvgIpc) is 2.93. The number of hydrogen-bond acceptors (Lipinski definition) is 6. The van der Waals surface area contributed by atoms with Crippen molar-refractivity contribution in [2.75, 3.05) is 27.5 Å². The van der Waals surface area contributed by atoms with Crippen LogP contribution in [-0.4, -0.2) is 35.9 Å². The molecule has 0 aliphatic rings. The molecular weight excluding hydrogens is 538 g/mol. The van der Waals surface area contributed by atoms with Gasteiger partial charge in [-0.3, -0.25) is 13.8 Å². The Morgan fingerprint density at radius 2 is 1.31 bits per heavy atom. The van der Waals surface area contributed by atoms with E-state index >= 15 is 0 Å². The standard InChI is InChI=1S/C28H27N3O6S2/c1-2-37-27-16-10-9-15-26(27)31(39(35,36)25-13-7-4-8-14-25)21-28(32)29-22-17-19-24(20-18-22)38(33,34)30-23-11-5-3-6-12-23/h3-20,30H,2,21H2,1H3,(H,29,32). The first-order chi connectivity index (χ1) is 18.7. The monoisotopic (exact) mass is 565 g/mol. The number of amides is 1. The minimum Gasteiger partial charge on any atom is -0.492 e. The molecule has 0 saturated heterocycles. The maximum atomic E-state index is 13.6. The molecule has 2 N–H and O–H groups in total. The Labute approximate surface area is 228 Å². The Bertz CT molecular complexity index is 1630. The van der Waals surface area contributed by atoms with Gasteiger partial charge in [0.2, 0.25) is 5.91 Å². The molecule has 0 fully saturated rings. The molecule has 0 aliphatic carbocycles. The Kier molecular flexibility index (Phi) is 8.52. The van der Waals surface area contributed by atoms with Gasteiger partial charge in [-0.1, -0.05) is 48.5 Å². The minimum atomic E-state index is -4.13. The number of hydrogen-bond donors (Lipinski definition) is 2.